The molecule has 1 aliphatic rings. The summed E-state index contributed by atoms with van der Waals surface area (Å²) in [6.45, 7) is 2.08. The number of anilines is 1. The number of fused-ring (bicyclic) bond motifs is 1. The fraction of sp³-hybridized carbons (Fsp3) is 0.227. The van der Waals surface area contributed by atoms with Gasteiger partial charge in [-0.3, -0.25) is 9.59 Å². The Morgan fingerprint density at radius 1 is 1.14 bits per heavy atom. The fourth-order valence-electron chi connectivity index (χ4n) is 3.68. The Kier molecular flexibility index (Phi) is 5.21. The third-order valence-corrected chi connectivity index (χ3v) is 5.71. The van der Waals surface area contributed by atoms with Crippen LogP contribution in [-0.2, 0) is 17.6 Å². The number of rotatable bonds is 4. The lowest BCUT2D eigenvalue weighted by Gasteiger charge is -2.37. The van der Waals surface area contributed by atoms with Crippen molar-refractivity contribution >= 4 is 28.3 Å². The number of hydrogen-bond acceptors (Lipinski definition) is 4. The van der Waals surface area contributed by atoms with Gasteiger partial charge in [-0.15, -0.1) is 11.3 Å². The van der Waals surface area contributed by atoms with Gasteiger partial charge in [-0.2, -0.15) is 0 Å². The van der Waals surface area contributed by atoms with Crippen LogP contribution in [0.15, 0.2) is 60.0 Å². The van der Waals surface area contributed by atoms with Crippen LogP contribution in [0, 0.1) is 0 Å². The molecule has 1 aliphatic heterocycles. The summed E-state index contributed by atoms with van der Waals surface area (Å²) in [5.74, 6) is -0.287. The highest BCUT2D eigenvalue weighted by atomic mass is 32.1. The molecule has 142 valence electrons. The molecule has 0 aliphatic carbocycles. The first kappa shape index (κ1) is 18.4. The Labute approximate surface area is 168 Å². The van der Waals surface area contributed by atoms with Crippen LogP contribution in [0.5, 0.6) is 0 Å². The number of nitrogens with zero attached hydrogens (tertiary/aromatic N) is 2. The van der Waals surface area contributed by atoms with E-state index in [0.29, 0.717) is 17.4 Å². The van der Waals surface area contributed by atoms with Crippen molar-refractivity contribution in [3.63, 3.8) is 0 Å². The molecule has 1 unspecified atom stereocenters. The zero-order chi connectivity index (χ0) is 19.5. The van der Waals surface area contributed by atoms with Gasteiger partial charge in [-0.25, -0.2) is 4.98 Å². The zero-order valence-electron chi connectivity index (χ0n) is 15.6. The van der Waals surface area contributed by atoms with Gasteiger partial charge in [0, 0.05) is 18.8 Å². The van der Waals surface area contributed by atoms with Gasteiger partial charge < -0.3 is 10.2 Å². The first-order valence-corrected chi connectivity index (χ1v) is 10.2. The van der Waals surface area contributed by atoms with E-state index in [-0.39, 0.29) is 17.9 Å². The molecular formula is C22H21N3O2S. The van der Waals surface area contributed by atoms with Crippen molar-refractivity contribution in [2.75, 3.05) is 11.9 Å². The van der Waals surface area contributed by atoms with Gasteiger partial charge in [0.05, 0.1) is 6.04 Å². The summed E-state index contributed by atoms with van der Waals surface area (Å²) in [6, 6.07) is 18.5. The van der Waals surface area contributed by atoms with E-state index in [9.17, 15) is 9.59 Å². The minimum atomic E-state index is -0.192. The van der Waals surface area contributed by atoms with Gasteiger partial charge in [-0.1, -0.05) is 54.6 Å². The number of thiazole rings is 1. The van der Waals surface area contributed by atoms with Crippen LogP contribution in [-0.4, -0.2) is 28.2 Å². The third-order valence-electron chi connectivity index (χ3n) is 4.95. The molecule has 3 aromatic rings. The van der Waals surface area contributed by atoms with E-state index in [1.54, 1.807) is 5.38 Å². The highest BCUT2D eigenvalue weighted by Crippen LogP contribution is 2.34. The normalized spacial score (nSPS) is 15.8. The number of carbonyl (C=O) groups is 2. The van der Waals surface area contributed by atoms with Crippen molar-refractivity contribution in [2.45, 2.75) is 25.8 Å². The highest BCUT2D eigenvalue weighted by molar-refractivity contribution is 7.14. The molecule has 2 aromatic carbocycles. The van der Waals surface area contributed by atoms with E-state index in [0.717, 1.165) is 12.8 Å². The molecule has 1 N–H and O–H groups in total. The fourth-order valence-corrected chi connectivity index (χ4v) is 4.41. The van der Waals surface area contributed by atoms with Crippen molar-refractivity contribution in [3.05, 3.63) is 82.4 Å². The van der Waals surface area contributed by atoms with Crippen LogP contribution in [0.2, 0.25) is 0 Å². The smallest absolute Gasteiger partial charge is 0.273 e. The second kappa shape index (κ2) is 7.94. The molecule has 0 spiro atoms. The van der Waals surface area contributed by atoms with E-state index in [2.05, 4.69) is 40.6 Å². The molecule has 2 heterocycles. The van der Waals surface area contributed by atoms with Gasteiger partial charge >= 0.3 is 0 Å². The molecule has 28 heavy (non-hydrogen) atoms. The number of amides is 2. The molecule has 1 aromatic heterocycles. The van der Waals surface area contributed by atoms with Crippen molar-refractivity contribution < 1.29 is 9.59 Å². The van der Waals surface area contributed by atoms with Gasteiger partial charge in [0.2, 0.25) is 5.91 Å². The van der Waals surface area contributed by atoms with Gasteiger partial charge in [0.1, 0.15) is 5.69 Å². The van der Waals surface area contributed by atoms with Crippen molar-refractivity contribution in [1.29, 1.82) is 0 Å². The lowest BCUT2D eigenvalue weighted by Crippen LogP contribution is -2.41. The van der Waals surface area contributed by atoms with Crippen molar-refractivity contribution in [2.24, 2.45) is 0 Å². The summed E-state index contributed by atoms with van der Waals surface area (Å²) in [7, 11) is 0. The average Bonchev–Trinajstić information content (AvgIpc) is 3.16. The quantitative estimate of drug-likeness (QED) is 0.729. The van der Waals surface area contributed by atoms with E-state index >= 15 is 0 Å². The molecule has 0 fully saturated rings. The van der Waals surface area contributed by atoms with Crippen LogP contribution >= 0.6 is 11.3 Å². The number of carbonyl (C=O) groups excluding carboxylic acids is 2. The second-order valence-corrected chi connectivity index (χ2v) is 7.73. The van der Waals surface area contributed by atoms with Crippen LogP contribution in [0.25, 0.3) is 0 Å². The maximum absolute atomic E-state index is 13.3. The first-order valence-electron chi connectivity index (χ1n) is 9.27. The van der Waals surface area contributed by atoms with Crippen LogP contribution in [0.1, 0.15) is 40.1 Å². The predicted octanol–water partition coefficient (Wildman–Crippen LogP) is 4.08. The summed E-state index contributed by atoms with van der Waals surface area (Å²) in [5.41, 5.74) is 4.07. The predicted molar refractivity (Wildman–Crippen MR) is 110 cm³/mol. The Morgan fingerprint density at radius 2 is 1.89 bits per heavy atom. The number of hydrogen-bond donors (Lipinski definition) is 1. The lowest BCUT2D eigenvalue weighted by molar-refractivity contribution is -0.114. The van der Waals surface area contributed by atoms with E-state index < -0.39 is 0 Å². The van der Waals surface area contributed by atoms with Crippen molar-refractivity contribution in [3.8, 4) is 0 Å². The van der Waals surface area contributed by atoms with Gasteiger partial charge in [-0.05, 0) is 29.5 Å². The van der Waals surface area contributed by atoms with E-state index in [1.807, 2.05) is 29.2 Å². The van der Waals surface area contributed by atoms with E-state index in [1.165, 1.54) is 35.0 Å². The van der Waals surface area contributed by atoms with Crippen molar-refractivity contribution in [1.82, 2.24) is 9.88 Å². The third kappa shape index (κ3) is 3.82. The average molecular weight is 391 g/mol. The van der Waals surface area contributed by atoms with Gasteiger partial charge in [0.15, 0.2) is 5.13 Å². The molecule has 0 saturated carbocycles. The Balaban J connectivity index is 1.65. The number of nitrogens with one attached hydrogen (secondary N) is 1. The SMILES string of the molecule is CC(=O)Nc1nc(C(=O)N2CCc3ccccc3C2Cc2ccccc2)cs1. The first-order chi connectivity index (χ1) is 13.6. The Bertz CT molecular complexity index is 1000. The molecule has 0 bridgehead atoms. The summed E-state index contributed by atoms with van der Waals surface area (Å²) >= 11 is 1.27. The van der Waals surface area contributed by atoms with Crippen LogP contribution in [0.4, 0.5) is 5.13 Å². The Hall–Kier alpha value is -2.99. The summed E-state index contributed by atoms with van der Waals surface area (Å²) in [5, 5.41) is 4.82. The molecule has 6 heteroatoms. The highest BCUT2D eigenvalue weighted by Gasteiger charge is 2.32. The number of aromatic nitrogens is 1. The molecular weight excluding hydrogens is 370 g/mol. The summed E-state index contributed by atoms with van der Waals surface area (Å²) in [6.07, 6.45) is 1.59. The zero-order valence-corrected chi connectivity index (χ0v) is 16.4. The summed E-state index contributed by atoms with van der Waals surface area (Å²) < 4.78 is 0. The lowest BCUT2D eigenvalue weighted by atomic mass is 9.88. The number of benzene rings is 2. The van der Waals surface area contributed by atoms with Crippen LogP contribution in [0.3, 0.4) is 0 Å². The van der Waals surface area contributed by atoms with Crippen LogP contribution < -0.4 is 5.32 Å². The molecule has 2 amide bonds. The topological polar surface area (TPSA) is 62.3 Å². The van der Waals surface area contributed by atoms with Gasteiger partial charge in [0.25, 0.3) is 5.91 Å². The standard InChI is InChI=1S/C22H21N3O2S/c1-15(26)23-22-24-19(14-28-22)21(27)25-12-11-17-9-5-6-10-18(17)20(25)13-16-7-3-2-4-8-16/h2-10,14,20H,11-13H2,1H3,(H,23,24,26). The second-order valence-electron chi connectivity index (χ2n) is 6.87. The maximum Gasteiger partial charge on any atom is 0.273 e. The Morgan fingerprint density at radius 3 is 2.68 bits per heavy atom. The van der Waals surface area contributed by atoms with E-state index in [4.69, 9.17) is 0 Å². The minimum absolute atomic E-state index is 0.0363. The maximum atomic E-state index is 13.3. The molecule has 4 rings (SSSR count). The monoisotopic (exact) mass is 391 g/mol. The molecule has 5 nitrogen and oxygen atoms in total. The molecule has 0 radical (unpaired) electrons. The minimum Gasteiger partial charge on any atom is -0.330 e. The largest absolute Gasteiger partial charge is 0.330 e. The molecule has 1 atom stereocenters. The summed E-state index contributed by atoms with van der Waals surface area (Å²) in [4.78, 5) is 30.8. The molecule has 0 saturated heterocycles.